The van der Waals surface area contributed by atoms with Gasteiger partial charge >= 0.3 is 0 Å². The van der Waals surface area contributed by atoms with Crippen molar-refractivity contribution in [2.75, 3.05) is 0 Å². The maximum Gasteiger partial charge on any atom is 0.269 e. The van der Waals surface area contributed by atoms with Gasteiger partial charge in [-0.2, -0.15) is 0 Å². The van der Waals surface area contributed by atoms with Gasteiger partial charge in [-0.15, -0.1) is 0 Å². The van der Waals surface area contributed by atoms with Gasteiger partial charge in [0, 0.05) is 18.2 Å². The zero-order valence-corrected chi connectivity index (χ0v) is 10.0. The summed E-state index contributed by atoms with van der Waals surface area (Å²) in [4.78, 5) is 10.1. The zero-order valence-electron chi connectivity index (χ0n) is 10.0. The first-order chi connectivity index (χ1) is 7.91. The largest absolute Gasteiger partial charge is 0.392 e. The smallest absolute Gasteiger partial charge is 0.269 e. The molecular weight excluding hydrogens is 220 g/mol. The second-order valence-electron chi connectivity index (χ2n) is 4.41. The van der Waals surface area contributed by atoms with Crippen LogP contribution in [0.15, 0.2) is 24.3 Å². The lowest BCUT2D eigenvalue weighted by molar-refractivity contribution is -0.384. The Labute approximate surface area is 100 Å². The van der Waals surface area contributed by atoms with Crippen LogP contribution in [0.3, 0.4) is 0 Å². The standard InChI is InChI=1S/C12H18N2O3/c1-8(7-12(15)9(2)13)10-3-5-11(6-4-10)14(16)17/h3-6,8-9,12,15H,7,13H2,1-2H3. The summed E-state index contributed by atoms with van der Waals surface area (Å²) >= 11 is 0. The molecule has 17 heavy (non-hydrogen) atoms. The first-order valence-corrected chi connectivity index (χ1v) is 5.59. The maximum absolute atomic E-state index is 10.5. The first kappa shape index (κ1) is 13.6. The molecule has 0 aliphatic rings. The lowest BCUT2D eigenvalue weighted by Crippen LogP contribution is -2.32. The monoisotopic (exact) mass is 238 g/mol. The van der Waals surface area contributed by atoms with E-state index in [9.17, 15) is 15.2 Å². The van der Waals surface area contributed by atoms with E-state index >= 15 is 0 Å². The second-order valence-corrected chi connectivity index (χ2v) is 4.41. The molecule has 0 fully saturated rings. The highest BCUT2D eigenvalue weighted by Gasteiger charge is 2.16. The third-order valence-corrected chi connectivity index (χ3v) is 2.87. The van der Waals surface area contributed by atoms with Crippen LogP contribution in [0.5, 0.6) is 0 Å². The molecule has 1 aromatic carbocycles. The number of nitrogens with two attached hydrogens (primary N) is 1. The lowest BCUT2D eigenvalue weighted by Gasteiger charge is -2.19. The minimum Gasteiger partial charge on any atom is -0.392 e. The number of aliphatic hydroxyl groups excluding tert-OH is 1. The predicted octanol–water partition coefficient (Wildman–Crippen LogP) is 1.80. The molecule has 0 spiro atoms. The molecule has 3 unspecified atom stereocenters. The van der Waals surface area contributed by atoms with Gasteiger partial charge in [0.2, 0.25) is 0 Å². The molecule has 3 atom stereocenters. The van der Waals surface area contributed by atoms with Gasteiger partial charge in [-0.1, -0.05) is 19.1 Å². The fraction of sp³-hybridized carbons (Fsp3) is 0.500. The van der Waals surface area contributed by atoms with E-state index in [1.54, 1.807) is 19.1 Å². The number of nitrogens with zero attached hydrogens (tertiary/aromatic N) is 1. The summed E-state index contributed by atoms with van der Waals surface area (Å²) < 4.78 is 0. The number of non-ortho nitro benzene ring substituents is 1. The Morgan fingerprint density at radius 1 is 1.35 bits per heavy atom. The summed E-state index contributed by atoms with van der Waals surface area (Å²) in [5.74, 6) is 0.122. The number of hydrogen-bond donors (Lipinski definition) is 2. The Hall–Kier alpha value is -1.46. The topological polar surface area (TPSA) is 89.4 Å². The Morgan fingerprint density at radius 2 is 1.88 bits per heavy atom. The molecular formula is C12H18N2O3. The summed E-state index contributed by atoms with van der Waals surface area (Å²) in [6.07, 6.45) is -0.00431. The van der Waals surface area contributed by atoms with Crippen molar-refractivity contribution in [3.63, 3.8) is 0 Å². The Bertz CT molecular complexity index is 376. The maximum atomic E-state index is 10.5. The van der Waals surface area contributed by atoms with E-state index < -0.39 is 11.0 Å². The van der Waals surface area contributed by atoms with Crippen LogP contribution in [0.25, 0.3) is 0 Å². The van der Waals surface area contributed by atoms with Crippen LogP contribution < -0.4 is 5.73 Å². The highest BCUT2D eigenvalue weighted by atomic mass is 16.6. The van der Waals surface area contributed by atoms with Crippen LogP contribution in [-0.4, -0.2) is 22.2 Å². The summed E-state index contributed by atoms with van der Waals surface area (Å²) in [6.45, 7) is 3.72. The predicted molar refractivity (Wildman–Crippen MR) is 65.8 cm³/mol. The first-order valence-electron chi connectivity index (χ1n) is 5.59. The molecule has 1 rings (SSSR count). The van der Waals surface area contributed by atoms with Crippen molar-refractivity contribution >= 4 is 5.69 Å². The quantitative estimate of drug-likeness (QED) is 0.604. The van der Waals surface area contributed by atoms with Crippen molar-refractivity contribution in [3.8, 4) is 0 Å². The molecule has 0 bridgehead atoms. The Balaban J connectivity index is 2.69. The molecule has 0 aliphatic heterocycles. The normalized spacial score (nSPS) is 16.2. The van der Waals surface area contributed by atoms with Crippen LogP contribution in [0.4, 0.5) is 5.69 Å². The summed E-state index contributed by atoms with van der Waals surface area (Å²) in [7, 11) is 0. The summed E-state index contributed by atoms with van der Waals surface area (Å²) in [5.41, 5.74) is 6.63. The lowest BCUT2D eigenvalue weighted by atomic mass is 9.93. The van der Waals surface area contributed by atoms with Crippen molar-refractivity contribution < 1.29 is 10.0 Å². The third-order valence-electron chi connectivity index (χ3n) is 2.87. The molecule has 1 aromatic rings. The van der Waals surface area contributed by atoms with Crippen molar-refractivity contribution in [3.05, 3.63) is 39.9 Å². The number of hydrogen-bond acceptors (Lipinski definition) is 4. The molecule has 0 amide bonds. The average molecular weight is 238 g/mol. The highest BCUT2D eigenvalue weighted by Crippen LogP contribution is 2.23. The molecule has 5 nitrogen and oxygen atoms in total. The number of benzene rings is 1. The molecule has 0 aliphatic carbocycles. The number of nitro benzene ring substituents is 1. The average Bonchev–Trinajstić information content (AvgIpc) is 2.28. The van der Waals surface area contributed by atoms with Gasteiger partial charge in [0.1, 0.15) is 0 Å². The van der Waals surface area contributed by atoms with E-state index in [1.165, 1.54) is 12.1 Å². The molecule has 94 valence electrons. The molecule has 3 N–H and O–H groups in total. The fourth-order valence-corrected chi connectivity index (χ4v) is 1.64. The Morgan fingerprint density at radius 3 is 2.29 bits per heavy atom. The van der Waals surface area contributed by atoms with Crippen molar-refractivity contribution in [1.29, 1.82) is 0 Å². The SMILES string of the molecule is CC(CC(O)C(C)N)c1ccc([N+](=O)[O-])cc1. The van der Waals surface area contributed by atoms with Gasteiger partial charge in [0.05, 0.1) is 11.0 Å². The zero-order chi connectivity index (χ0) is 13.0. The molecule has 0 radical (unpaired) electrons. The van der Waals surface area contributed by atoms with E-state index in [2.05, 4.69) is 0 Å². The number of rotatable bonds is 5. The van der Waals surface area contributed by atoms with Gasteiger partial charge in [-0.3, -0.25) is 10.1 Å². The van der Waals surface area contributed by atoms with Gasteiger partial charge in [0.25, 0.3) is 5.69 Å². The molecule has 0 saturated heterocycles. The minimum atomic E-state index is -0.555. The van der Waals surface area contributed by atoms with Gasteiger partial charge in [0.15, 0.2) is 0 Å². The van der Waals surface area contributed by atoms with Gasteiger partial charge in [-0.25, -0.2) is 0 Å². The third kappa shape index (κ3) is 3.80. The minimum absolute atomic E-state index is 0.0775. The van der Waals surface area contributed by atoms with E-state index in [1.807, 2.05) is 6.92 Å². The Kier molecular flexibility index (Phi) is 4.60. The van der Waals surface area contributed by atoms with Crippen LogP contribution >= 0.6 is 0 Å². The van der Waals surface area contributed by atoms with E-state index in [-0.39, 0.29) is 17.6 Å². The number of nitro groups is 1. The van der Waals surface area contributed by atoms with Crippen molar-refractivity contribution in [2.45, 2.75) is 38.3 Å². The van der Waals surface area contributed by atoms with Crippen molar-refractivity contribution in [2.24, 2.45) is 5.73 Å². The van der Waals surface area contributed by atoms with Crippen LogP contribution in [0.1, 0.15) is 31.7 Å². The van der Waals surface area contributed by atoms with E-state index in [0.29, 0.717) is 6.42 Å². The highest BCUT2D eigenvalue weighted by molar-refractivity contribution is 5.34. The van der Waals surface area contributed by atoms with Gasteiger partial charge in [-0.05, 0) is 24.8 Å². The second kappa shape index (κ2) is 5.75. The molecule has 0 aromatic heterocycles. The molecule has 0 heterocycles. The van der Waals surface area contributed by atoms with E-state index in [4.69, 9.17) is 5.73 Å². The van der Waals surface area contributed by atoms with Crippen LogP contribution in [0.2, 0.25) is 0 Å². The summed E-state index contributed by atoms with van der Waals surface area (Å²) in [6, 6.07) is 6.12. The van der Waals surface area contributed by atoms with E-state index in [0.717, 1.165) is 5.56 Å². The number of aliphatic hydroxyl groups is 1. The molecule has 0 saturated carbocycles. The molecule has 5 heteroatoms. The van der Waals surface area contributed by atoms with Crippen LogP contribution in [0, 0.1) is 10.1 Å². The summed E-state index contributed by atoms with van der Waals surface area (Å²) in [5, 5.41) is 20.2. The van der Waals surface area contributed by atoms with Crippen LogP contribution in [-0.2, 0) is 0 Å². The van der Waals surface area contributed by atoms with Gasteiger partial charge < -0.3 is 10.8 Å². The van der Waals surface area contributed by atoms with Crippen molar-refractivity contribution in [1.82, 2.24) is 0 Å². The fourth-order valence-electron chi connectivity index (χ4n) is 1.64.